The molecule has 0 amide bonds. The molecule has 0 bridgehead atoms. The number of hydrogen-bond donors (Lipinski definition) is 0. The molecule has 1 unspecified atom stereocenters. The van der Waals surface area contributed by atoms with Gasteiger partial charge in [0.2, 0.25) is 0 Å². The lowest BCUT2D eigenvalue weighted by Crippen LogP contribution is -2.26. The number of ether oxygens (including phenoxy) is 1. The fourth-order valence-corrected chi connectivity index (χ4v) is 1.02. The van der Waals surface area contributed by atoms with Crippen molar-refractivity contribution < 1.29 is 4.74 Å². The van der Waals surface area contributed by atoms with Crippen LogP contribution in [-0.2, 0) is 4.74 Å². The van der Waals surface area contributed by atoms with Crippen LogP contribution in [0.1, 0.15) is 13.3 Å². The van der Waals surface area contributed by atoms with Gasteiger partial charge in [-0.05, 0) is 13.3 Å². The third-order valence-corrected chi connectivity index (χ3v) is 1.70. The Morgan fingerprint density at radius 3 is 3.00 bits per heavy atom. The van der Waals surface area contributed by atoms with Crippen molar-refractivity contribution in [3.63, 3.8) is 0 Å². The highest BCUT2D eigenvalue weighted by Gasteiger charge is 2.20. The summed E-state index contributed by atoms with van der Waals surface area (Å²) in [6.45, 7) is 2.42. The molecule has 1 atom stereocenters. The Hall–Kier alpha value is -1.00. The normalized spacial score (nSPS) is 28.4. The van der Waals surface area contributed by atoms with E-state index in [-0.39, 0.29) is 5.60 Å². The second-order valence-corrected chi connectivity index (χ2v) is 2.80. The van der Waals surface area contributed by atoms with Crippen molar-refractivity contribution >= 4 is 0 Å². The van der Waals surface area contributed by atoms with Crippen molar-refractivity contribution in [3.05, 3.63) is 24.3 Å². The molecule has 1 heteroatoms. The first-order valence-corrected chi connectivity index (χ1v) is 3.69. The largest absolute Gasteiger partial charge is 0.358 e. The maximum absolute atomic E-state index is 5.45. The van der Waals surface area contributed by atoms with Gasteiger partial charge < -0.3 is 4.74 Å². The van der Waals surface area contributed by atoms with Gasteiger partial charge >= 0.3 is 0 Å². The first-order chi connectivity index (χ1) is 5.27. The Bertz CT molecular complexity index is 220. The van der Waals surface area contributed by atoms with Gasteiger partial charge in [0, 0.05) is 0 Å². The van der Waals surface area contributed by atoms with E-state index in [2.05, 4.69) is 12.0 Å². The molecule has 0 aromatic heterocycles. The summed E-state index contributed by atoms with van der Waals surface area (Å²) in [6.07, 6.45) is 14.1. The van der Waals surface area contributed by atoms with Crippen LogP contribution in [0.3, 0.4) is 0 Å². The lowest BCUT2D eigenvalue weighted by atomic mass is 9.98. The summed E-state index contributed by atoms with van der Waals surface area (Å²) < 4.78 is 5.45. The third kappa shape index (κ3) is 2.25. The van der Waals surface area contributed by atoms with E-state index in [0.29, 0.717) is 6.61 Å². The smallest absolute Gasteiger partial charge is 0.108 e. The second-order valence-electron chi connectivity index (χ2n) is 2.80. The zero-order chi connectivity index (χ0) is 8.16. The van der Waals surface area contributed by atoms with Crippen molar-refractivity contribution in [2.45, 2.75) is 18.9 Å². The van der Waals surface area contributed by atoms with Gasteiger partial charge in [0.1, 0.15) is 6.61 Å². The average Bonchev–Trinajstić information content (AvgIpc) is 2.03. The van der Waals surface area contributed by atoms with Crippen LogP contribution in [0, 0.1) is 12.3 Å². The van der Waals surface area contributed by atoms with Crippen molar-refractivity contribution in [1.29, 1.82) is 0 Å². The minimum atomic E-state index is -0.179. The van der Waals surface area contributed by atoms with E-state index < -0.39 is 0 Å². The van der Waals surface area contributed by atoms with Gasteiger partial charge in [0.05, 0.1) is 5.60 Å². The van der Waals surface area contributed by atoms with Crippen LogP contribution in [0.5, 0.6) is 0 Å². The van der Waals surface area contributed by atoms with E-state index >= 15 is 0 Å². The Morgan fingerprint density at radius 1 is 1.64 bits per heavy atom. The van der Waals surface area contributed by atoms with Gasteiger partial charge in [-0.15, -0.1) is 6.42 Å². The average molecular weight is 148 g/mol. The van der Waals surface area contributed by atoms with Gasteiger partial charge in [-0.1, -0.05) is 30.2 Å². The minimum absolute atomic E-state index is 0.179. The van der Waals surface area contributed by atoms with E-state index in [1.54, 1.807) is 0 Å². The minimum Gasteiger partial charge on any atom is -0.358 e. The molecule has 0 aromatic rings. The predicted octanol–water partition coefficient (Wildman–Crippen LogP) is 1.91. The molecule has 0 aliphatic heterocycles. The van der Waals surface area contributed by atoms with Gasteiger partial charge in [-0.25, -0.2) is 0 Å². The maximum Gasteiger partial charge on any atom is 0.108 e. The molecule has 0 saturated heterocycles. The molecule has 11 heavy (non-hydrogen) atoms. The highest BCUT2D eigenvalue weighted by molar-refractivity contribution is 5.17. The number of hydrogen-bond acceptors (Lipinski definition) is 1. The predicted molar refractivity (Wildman–Crippen MR) is 46.1 cm³/mol. The fourth-order valence-electron chi connectivity index (χ4n) is 1.02. The van der Waals surface area contributed by atoms with E-state index in [4.69, 9.17) is 11.2 Å². The van der Waals surface area contributed by atoms with Crippen LogP contribution >= 0.6 is 0 Å². The molecule has 1 aliphatic carbocycles. The molecule has 0 heterocycles. The van der Waals surface area contributed by atoms with E-state index in [1.165, 1.54) is 0 Å². The quantitative estimate of drug-likeness (QED) is 0.543. The van der Waals surface area contributed by atoms with Gasteiger partial charge in [0.25, 0.3) is 0 Å². The molecule has 0 spiro atoms. The van der Waals surface area contributed by atoms with E-state index in [9.17, 15) is 0 Å². The summed E-state index contributed by atoms with van der Waals surface area (Å²) in [5.74, 6) is 2.46. The van der Waals surface area contributed by atoms with Crippen LogP contribution in [-0.4, -0.2) is 12.2 Å². The number of allylic oxidation sites excluding steroid dienone is 2. The van der Waals surface area contributed by atoms with E-state index in [1.807, 2.05) is 25.2 Å². The Kier molecular flexibility index (Phi) is 2.51. The molecule has 0 radical (unpaired) electrons. The van der Waals surface area contributed by atoms with Crippen LogP contribution in [0.15, 0.2) is 24.3 Å². The van der Waals surface area contributed by atoms with Gasteiger partial charge in [-0.3, -0.25) is 0 Å². The molecule has 58 valence electrons. The van der Waals surface area contributed by atoms with Crippen LogP contribution in [0.4, 0.5) is 0 Å². The number of terminal acetylenes is 1. The molecular weight excluding hydrogens is 136 g/mol. The maximum atomic E-state index is 5.45. The van der Waals surface area contributed by atoms with Crippen molar-refractivity contribution in [3.8, 4) is 12.3 Å². The second kappa shape index (κ2) is 3.41. The summed E-state index contributed by atoms with van der Waals surface area (Å²) in [4.78, 5) is 0. The van der Waals surface area contributed by atoms with Crippen molar-refractivity contribution in [2.24, 2.45) is 0 Å². The summed E-state index contributed by atoms with van der Waals surface area (Å²) >= 11 is 0. The molecule has 0 fully saturated rings. The molecule has 0 N–H and O–H groups in total. The Morgan fingerprint density at radius 2 is 2.45 bits per heavy atom. The standard InChI is InChI=1S/C10H12O/c1-3-9-11-10(2)7-5-4-6-8-10/h1,4-7H,8-9H2,2H3. The SMILES string of the molecule is C#CCOC1(C)C=CC=CC1. The highest BCUT2D eigenvalue weighted by Crippen LogP contribution is 2.20. The van der Waals surface area contributed by atoms with Crippen LogP contribution < -0.4 is 0 Å². The highest BCUT2D eigenvalue weighted by atomic mass is 16.5. The Labute approximate surface area is 67.8 Å². The molecule has 1 nitrogen and oxygen atoms in total. The van der Waals surface area contributed by atoms with Crippen molar-refractivity contribution in [1.82, 2.24) is 0 Å². The summed E-state index contributed by atoms with van der Waals surface area (Å²) in [6, 6.07) is 0. The first-order valence-electron chi connectivity index (χ1n) is 3.69. The zero-order valence-electron chi connectivity index (χ0n) is 6.71. The topological polar surface area (TPSA) is 9.23 Å². The molecule has 0 aromatic carbocycles. The lowest BCUT2D eigenvalue weighted by molar-refractivity contribution is 0.0285. The lowest BCUT2D eigenvalue weighted by Gasteiger charge is -2.25. The zero-order valence-corrected chi connectivity index (χ0v) is 6.71. The van der Waals surface area contributed by atoms with Crippen LogP contribution in [0.2, 0.25) is 0 Å². The van der Waals surface area contributed by atoms with Crippen LogP contribution in [0.25, 0.3) is 0 Å². The van der Waals surface area contributed by atoms with E-state index in [0.717, 1.165) is 6.42 Å². The molecular formula is C10H12O. The molecule has 0 saturated carbocycles. The third-order valence-electron chi connectivity index (χ3n) is 1.70. The van der Waals surface area contributed by atoms with Crippen molar-refractivity contribution in [2.75, 3.05) is 6.61 Å². The van der Waals surface area contributed by atoms with Gasteiger partial charge in [-0.2, -0.15) is 0 Å². The summed E-state index contributed by atoms with van der Waals surface area (Å²) in [5, 5.41) is 0. The first kappa shape index (κ1) is 8.10. The molecule has 1 rings (SSSR count). The fraction of sp³-hybridized carbons (Fsp3) is 0.400. The summed E-state index contributed by atoms with van der Waals surface area (Å²) in [7, 11) is 0. The number of rotatable bonds is 2. The monoisotopic (exact) mass is 148 g/mol. The Balaban J connectivity index is 2.48. The molecule has 1 aliphatic rings. The van der Waals surface area contributed by atoms with Gasteiger partial charge in [0.15, 0.2) is 0 Å². The summed E-state index contributed by atoms with van der Waals surface area (Å²) in [5.41, 5.74) is -0.179.